The second kappa shape index (κ2) is 4.10. The zero-order valence-electron chi connectivity index (χ0n) is 7.71. The first-order chi connectivity index (χ1) is 5.25. The third-order valence-electron chi connectivity index (χ3n) is 3.16. The molecule has 0 aromatic carbocycles. The molecule has 0 amide bonds. The maximum atomic E-state index is 9.67. The summed E-state index contributed by atoms with van der Waals surface area (Å²) >= 11 is 0. The fourth-order valence-electron chi connectivity index (χ4n) is 2.11. The standard InChI is InChI=1S/C10H20O/c1-3-8(2)9-6-4-5-7-10(9)11/h8-11H,3-7H2,1-2H3/t8-,9-,10+/m1/s1. The van der Waals surface area contributed by atoms with E-state index < -0.39 is 0 Å². The predicted octanol–water partition coefficient (Wildman–Crippen LogP) is 2.58. The minimum Gasteiger partial charge on any atom is -0.393 e. The molecule has 1 heteroatoms. The fraction of sp³-hybridized carbons (Fsp3) is 1.00. The SMILES string of the molecule is CC[C@@H](C)[C@H]1CCCC[C@@H]1O. The van der Waals surface area contributed by atoms with E-state index in [2.05, 4.69) is 13.8 Å². The van der Waals surface area contributed by atoms with E-state index in [0.717, 1.165) is 6.42 Å². The minimum atomic E-state index is -0.00120. The molecular formula is C10H20O. The first-order valence-corrected chi connectivity index (χ1v) is 4.93. The molecule has 0 radical (unpaired) electrons. The molecule has 1 aliphatic rings. The highest BCUT2D eigenvalue weighted by Crippen LogP contribution is 2.31. The van der Waals surface area contributed by atoms with Crippen LogP contribution in [0.4, 0.5) is 0 Å². The molecule has 0 aliphatic heterocycles. The van der Waals surface area contributed by atoms with Crippen LogP contribution in [0.15, 0.2) is 0 Å². The summed E-state index contributed by atoms with van der Waals surface area (Å²) in [6.07, 6.45) is 6.05. The van der Waals surface area contributed by atoms with Crippen LogP contribution in [0.2, 0.25) is 0 Å². The molecule has 0 unspecified atom stereocenters. The van der Waals surface area contributed by atoms with Crippen LogP contribution in [0, 0.1) is 11.8 Å². The smallest absolute Gasteiger partial charge is 0.0570 e. The van der Waals surface area contributed by atoms with E-state index in [9.17, 15) is 5.11 Å². The summed E-state index contributed by atoms with van der Waals surface area (Å²) in [5, 5.41) is 9.67. The lowest BCUT2D eigenvalue weighted by atomic mass is 9.78. The van der Waals surface area contributed by atoms with Gasteiger partial charge in [-0.25, -0.2) is 0 Å². The Labute approximate surface area is 69.8 Å². The van der Waals surface area contributed by atoms with Crippen LogP contribution in [-0.2, 0) is 0 Å². The van der Waals surface area contributed by atoms with Crippen LogP contribution >= 0.6 is 0 Å². The average molecular weight is 156 g/mol. The van der Waals surface area contributed by atoms with Gasteiger partial charge < -0.3 is 5.11 Å². The summed E-state index contributed by atoms with van der Waals surface area (Å²) in [5.74, 6) is 1.30. The molecule has 66 valence electrons. The largest absolute Gasteiger partial charge is 0.393 e. The van der Waals surface area contributed by atoms with Crippen molar-refractivity contribution in [1.29, 1.82) is 0 Å². The fourth-order valence-corrected chi connectivity index (χ4v) is 2.11. The molecule has 1 rings (SSSR count). The van der Waals surface area contributed by atoms with Gasteiger partial charge in [-0.3, -0.25) is 0 Å². The summed E-state index contributed by atoms with van der Waals surface area (Å²) in [5.41, 5.74) is 0. The van der Waals surface area contributed by atoms with E-state index in [1.54, 1.807) is 0 Å². The maximum absolute atomic E-state index is 9.67. The van der Waals surface area contributed by atoms with Crippen molar-refractivity contribution in [3.05, 3.63) is 0 Å². The van der Waals surface area contributed by atoms with E-state index in [0.29, 0.717) is 11.8 Å². The molecule has 0 heterocycles. The van der Waals surface area contributed by atoms with E-state index in [1.165, 1.54) is 25.7 Å². The molecule has 0 aromatic heterocycles. The van der Waals surface area contributed by atoms with Crippen molar-refractivity contribution in [3.8, 4) is 0 Å². The van der Waals surface area contributed by atoms with Crippen molar-refractivity contribution in [2.75, 3.05) is 0 Å². The van der Waals surface area contributed by atoms with Gasteiger partial charge in [-0.2, -0.15) is 0 Å². The highest BCUT2D eigenvalue weighted by molar-refractivity contribution is 4.77. The van der Waals surface area contributed by atoms with Crippen LogP contribution in [-0.4, -0.2) is 11.2 Å². The highest BCUT2D eigenvalue weighted by atomic mass is 16.3. The summed E-state index contributed by atoms with van der Waals surface area (Å²) in [6.45, 7) is 4.48. The third-order valence-corrected chi connectivity index (χ3v) is 3.16. The monoisotopic (exact) mass is 156 g/mol. The summed E-state index contributed by atoms with van der Waals surface area (Å²) in [6, 6.07) is 0. The van der Waals surface area contributed by atoms with Crippen LogP contribution in [0.3, 0.4) is 0 Å². The molecule has 0 saturated heterocycles. The molecule has 0 spiro atoms. The molecular weight excluding hydrogens is 136 g/mol. The van der Waals surface area contributed by atoms with Gasteiger partial charge in [0, 0.05) is 0 Å². The van der Waals surface area contributed by atoms with Crippen molar-refractivity contribution in [3.63, 3.8) is 0 Å². The van der Waals surface area contributed by atoms with E-state index >= 15 is 0 Å². The van der Waals surface area contributed by atoms with Crippen LogP contribution < -0.4 is 0 Å². The Hall–Kier alpha value is -0.0400. The van der Waals surface area contributed by atoms with Gasteiger partial charge in [0.1, 0.15) is 0 Å². The molecule has 3 atom stereocenters. The molecule has 0 bridgehead atoms. The van der Waals surface area contributed by atoms with E-state index in [-0.39, 0.29) is 6.10 Å². The predicted molar refractivity (Wildman–Crippen MR) is 47.4 cm³/mol. The first kappa shape index (κ1) is 9.05. The lowest BCUT2D eigenvalue weighted by Crippen LogP contribution is -2.29. The van der Waals surface area contributed by atoms with E-state index in [4.69, 9.17) is 0 Å². The summed E-state index contributed by atoms with van der Waals surface area (Å²) < 4.78 is 0. The lowest BCUT2D eigenvalue weighted by molar-refractivity contribution is 0.0402. The van der Waals surface area contributed by atoms with Gasteiger partial charge in [0.2, 0.25) is 0 Å². The number of hydrogen-bond donors (Lipinski definition) is 1. The van der Waals surface area contributed by atoms with Crippen molar-refractivity contribution in [2.45, 2.75) is 52.1 Å². The van der Waals surface area contributed by atoms with Crippen molar-refractivity contribution in [1.82, 2.24) is 0 Å². The summed E-state index contributed by atoms with van der Waals surface area (Å²) in [4.78, 5) is 0. The Morgan fingerprint density at radius 3 is 2.55 bits per heavy atom. The van der Waals surface area contributed by atoms with Gasteiger partial charge in [-0.05, 0) is 24.7 Å². The van der Waals surface area contributed by atoms with Gasteiger partial charge >= 0.3 is 0 Å². The average Bonchev–Trinajstić information content (AvgIpc) is 2.04. The van der Waals surface area contributed by atoms with Gasteiger partial charge in [0.15, 0.2) is 0 Å². The zero-order valence-corrected chi connectivity index (χ0v) is 7.71. The van der Waals surface area contributed by atoms with Gasteiger partial charge in [-0.15, -0.1) is 0 Å². The maximum Gasteiger partial charge on any atom is 0.0570 e. The van der Waals surface area contributed by atoms with Crippen molar-refractivity contribution < 1.29 is 5.11 Å². The second-order valence-corrected chi connectivity index (χ2v) is 3.90. The Bertz CT molecular complexity index is 107. The second-order valence-electron chi connectivity index (χ2n) is 3.90. The van der Waals surface area contributed by atoms with Crippen LogP contribution in [0.1, 0.15) is 46.0 Å². The Kier molecular flexibility index (Phi) is 3.38. The lowest BCUT2D eigenvalue weighted by Gasteiger charge is -2.31. The summed E-state index contributed by atoms with van der Waals surface area (Å²) in [7, 11) is 0. The molecule has 1 fully saturated rings. The number of aliphatic hydroxyl groups excluding tert-OH is 1. The molecule has 1 N–H and O–H groups in total. The number of rotatable bonds is 2. The molecule has 1 aliphatic carbocycles. The first-order valence-electron chi connectivity index (χ1n) is 4.93. The Morgan fingerprint density at radius 2 is 2.00 bits per heavy atom. The quantitative estimate of drug-likeness (QED) is 0.651. The topological polar surface area (TPSA) is 20.2 Å². The van der Waals surface area contributed by atoms with Gasteiger partial charge in [0.25, 0.3) is 0 Å². The molecule has 11 heavy (non-hydrogen) atoms. The zero-order chi connectivity index (χ0) is 8.27. The van der Waals surface area contributed by atoms with Crippen LogP contribution in [0.25, 0.3) is 0 Å². The minimum absolute atomic E-state index is 0.00120. The number of hydrogen-bond acceptors (Lipinski definition) is 1. The normalized spacial score (nSPS) is 35.2. The third kappa shape index (κ3) is 2.19. The Balaban J connectivity index is 2.40. The highest BCUT2D eigenvalue weighted by Gasteiger charge is 2.26. The Morgan fingerprint density at radius 1 is 1.36 bits per heavy atom. The van der Waals surface area contributed by atoms with Crippen molar-refractivity contribution in [2.24, 2.45) is 11.8 Å². The van der Waals surface area contributed by atoms with Gasteiger partial charge in [-0.1, -0.05) is 33.1 Å². The van der Waals surface area contributed by atoms with Crippen LogP contribution in [0.5, 0.6) is 0 Å². The molecule has 1 saturated carbocycles. The van der Waals surface area contributed by atoms with Gasteiger partial charge in [0.05, 0.1) is 6.10 Å². The van der Waals surface area contributed by atoms with Crippen molar-refractivity contribution >= 4 is 0 Å². The van der Waals surface area contributed by atoms with E-state index in [1.807, 2.05) is 0 Å². The molecule has 0 aromatic rings. The number of aliphatic hydroxyl groups is 1. The molecule has 1 nitrogen and oxygen atoms in total.